The fourth-order valence-electron chi connectivity index (χ4n) is 4.35. The molecule has 166 valence electrons. The number of anilines is 1. The molecule has 0 saturated carbocycles. The average molecular weight is 439 g/mol. The molecular weight excluding hydrogens is 412 g/mol. The van der Waals surface area contributed by atoms with Gasteiger partial charge in [-0.15, -0.1) is 0 Å². The van der Waals surface area contributed by atoms with E-state index in [2.05, 4.69) is 27.0 Å². The smallest absolute Gasteiger partial charge is 0.198 e. The number of carbonyl (C=O) groups is 1. The number of carbonyl (C=O) groups excluding carboxylic acids is 1. The van der Waals surface area contributed by atoms with E-state index in [1.165, 1.54) is 31.5 Å². The number of aromatic nitrogens is 1. The van der Waals surface area contributed by atoms with Crippen molar-refractivity contribution in [2.24, 2.45) is 4.99 Å². The third-order valence-corrected chi connectivity index (χ3v) is 6.11. The normalized spacial score (nSPS) is 14.4. The second kappa shape index (κ2) is 8.92. The van der Waals surface area contributed by atoms with Crippen LogP contribution in [0.2, 0.25) is 0 Å². The van der Waals surface area contributed by atoms with Crippen LogP contribution < -0.4 is 5.73 Å². The van der Waals surface area contributed by atoms with E-state index in [9.17, 15) is 9.90 Å². The number of fused-ring (bicyclic) bond motifs is 1. The Morgan fingerprint density at radius 3 is 2.55 bits per heavy atom. The van der Waals surface area contributed by atoms with Crippen LogP contribution in [0.25, 0.3) is 10.9 Å². The van der Waals surface area contributed by atoms with Crippen LogP contribution in [0.4, 0.5) is 11.4 Å². The number of aromatic hydroxyl groups is 1. The number of H-pyrrole nitrogens is 1. The second-order valence-corrected chi connectivity index (χ2v) is 8.51. The van der Waals surface area contributed by atoms with Gasteiger partial charge >= 0.3 is 0 Å². The molecule has 33 heavy (non-hydrogen) atoms. The van der Waals surface area contributed by atoms with Crippen molar-refractivity contribution in [3.05, 3.63) is 89.0 Å². The van der Waals surface area contributed by atoms with Gasteiger partial charge < -0.3 is 15.8 Å². The lowest BCUT2D eigenvalue weighted by atomic mass is 10.0. The van der Waals surface area contributed by atoms with Crippen molar-refractivity contribution in [2.45, 2.75) is 19.4 Å². The Labute approximate surface area is 192 Å². The molecule has 0 atom stereocenters. The Balaban J connectivity index is 1.35. The number of nitrogens with two attached hydrogens (primary N) is 1. The first-order chi connectivity index (χ1) is 16.1. The Bertz CT molecular complexity index is 1330. The molecule has 6 heteroatoms. The van der Waals surface area contributed by atoms with Gasteiger partial charge in [-0.3, -0.25) is 14.7 Å². The molecule has 1 aromatic heterocycles. The van der Waals surface area contributed by atoms with Gasteiger partial charge in [-0.05, 0) is 61.8 Å². The summed E-state index contributed by atoms with van der Waals surface area (Å²) in [6, 6.07) is 20.4. The van der Waals surface area contributed by atoms with E-state index in [-0.39, 0.29) is 11.7 Å². The standard InChI is InChI=1S/C27H26N4O2/c28-21-5-3-4-19(14-21)26(32)20-8-11-23-24(27(33)30-25(23)15-20)16-29-22-9-6-18(7-10-22)17-31-12-1-2-13-31/h3-11,14-16,30,33H,1-2,12-13,17,28H2. The van der Waals surface area contributed by atoms with E-state index >= 15 is 0 Å². The number of benzene rings is 3. The zero-order valence-corrected chi connectivity index (χ0v) is 18.3. The zero-order chi connectivity index (χ0) is 22.8. The van der Waals surface area contributed by atoms with Gasteiger partial charge in [0.25, 0.3) is 0 Å². The lowest BCUT2D eigenvalue weighted by Crippen LogP contribution is -2.18. The summed E-state index contributed by atoms with van der Waals surface area (Å²) in [5.41, 5.74) is 10.8. The van der Waals surface area contributed by atoms with Crippen molar-refractivity contribution in [1.29, 1.82) is 0 Å². The summed E-state index contributed by atoms with van der Waals surface area (Å²) in [6.45, 7) is 3.32. The SMILES string of the molecule is Nc1cccc(C(=O)c2ccc3c(C=Nc4ccc(CN5CCCC5)cc4)c(O)[nH]c3c2)c1. The molecule has 0 amide bonds. The van der Waals surface area contributed by atoms with Crippen LogP contribution in [0.1, 0.15) is 39.9 Å². The zero-order valence-electron chi connectivity index (χ0n) is 18.3. The Kier molecular flexibility index (Phi) is 5.67. The van der Waals surface area contributed by atoms with Crippen molar-refractivity contribution < 1.29 is 9.90 Å². The summed E-state index contributed by atoms with van der Waals surface area (Å²) in [5, 5.41) is 11.2. The number of ketones is 1. The molecule has 1 aliphatic rings. The summed E-state index contributed by atoms with van der Waals surface area (Å²) in [6.07, 6.45) is 4.23. The summed E-state index contributed by atoms with van der Waals surface area (Å²) in [5.74, 6) is -0.101. The third-order valence-electron chi connectivity index (χ3n) is 6.11. The van der Waals surface area contributed by atoms with E-state index in [1.807, 2.05) is 18.2 Å². The highest BCUT2D eigenvalue weighted by atomic mass is 16.3. The van der Waals surface area contributed by atoms with Crippen molar-refractivity contribution in [1.82, 2.24) is 9.88 Å². The fourth-order valence-corrected chi connectivity index (χ4v) is 4.35. The number of aliphatic imine (C=N–C) groups is 1. The molecule has 0 radical (unpaired) electrons. The fraction of sp³-hybridized carbons (Fsp3) is 0.185. The van der Waals surface area contributed by atoms with Gasteiger partial charge in [0.05, 0.1) is 11.3 Å². The molecule has 1 aliphatic heterocycles. The number of rotatable bonds is 6. The number of nitrogen functional groups attached to an aromatic ring is 1. The Hall–Kier alpha value is -3.90. The highest BCUT2D eigenvalue weighted by molar-refractivity contribution is 6.12. The predicted octanol–water partition coefficient (Wildman–Crippen LogP) is 5.03. The minimum Gasteiger partial charge on any atom is -0.494 e. The minimum absolute atomic E-state index is 0.0213. The maximum atomic E-state index is 12.8. The van der Waals surface area contributed by atoms with Gasteiger partial charge in [-0.1, -0.05) is 36.4 Å². The average Bonchev–Trinajstić information content (AvgIpc) is 3.44. The molecule has 4 N–H and O–H groups in total. The summed E-state index contributed by atoms with van der Waals surface area (Å²) in [7, 11) is 0. The van der Waals surface area contributed by atoms with Crippen LogP contribution in [0.3, 0.4) is 0 Å². The molecule has 1 saturated heterocycles. The largest absolute Gasteiger partial charge is 0.494 e. The molecule has 6 nitrogen and oxygen atoms in total. The molecule has 0 bridgehead atoms. The Morgan fingerprint density at radius 2 is 1.79 bits per heavy atom. The van der Waals surface area contributed by atoms with Crippen LogP contribution in [-0.4, -0.2) is 40.1 Å². The first-order valence-electron chi connectivity index (χ1n) is 11.2. The molecule has 0 spiro atoms. The lowest BCUT2D eigenvalue weighted by Gasteiger charge is -2.14. The van der Waals surface area contributed by atoms with Gasteiger partial charge in [-0.25, -0.2) is 0 Å². The third kappa shape index (κ3) is 4.52. The summed E-state index contributed by atoms with van der Waals surface area (Å²) in [4.78, 5) is 22.8. The van der Waals surface area contributed by atoms with E-state index < -0.39 is 0 Å². The van der Waals surface area contributed by atoms with Crippen molar-refractivity contribution in [3.63, 3.8) is 0 Å². The van der Waals surface area contributed by atoms with Gasteiger partial charge in [0, 0.05) is 40.5 Å². The molecule has 5 rings (SSSR count). The second-order valence-electron chi connectivity index (χ2n) is 8.51. The highest BCUT2D eigenvalue weighted by Crippen LogP contribution is 2.28. The topological polar surface area (TPSA) is 94.7 Å². The first-order valence-corrected chi connectivity index (χ1v) is 11.2. The van der Waals surface area contributed by atoms with Gasteiger partial charge in [0.1, 0.15) is 0 Å². The number of aromatic amines is 1. The molecule has 4 aromatic rings. The molecule has 0 unspecified atom stereocenters. The molecule has 1 fully saturated rings. The van der Waals surface area contributed by atoms with E-state index in [1.54, 1.807) is 42.6 Å². The number of nitrogens with zero attached hydrogens (tertiary/aromatic N) is 2. The molecule has 0 aliphatic carbocycles. The first kappa shape index (κ1) is 21.0. The van der Waals surface area contributed by atoms with Crippen LogP contribution in [0.15, 0.2) is 71.7 Å². The van der Waals surface area contributed by atoms with Crippen molar-refractivity contribution in [3.8, 4) is 5.88 Å². The Morgan fingerprint density at radius 1 is 1.03 bits per heavy atom. The monoisotopic (exact) mass is 438 g/mol. The molecule has 2 heterocycles. The summed E-state index contributed by atoms with van der Waals surface area (Å²) < 4.78 is 0. The van der Waals surface area contributed by atoms with Crippen LogP contribution in [0.5, 0.6) is 5.88 Å². The highest BCUT2D eigenvalue weighted by Gasteiger charge is 2.14. The van der Waals surface area contributed by atoms with E-state index in [0.717, 1.165) is 17.6 Å². The maximum absolute atomic E-state index is 12.8. The minimum atomic E-state index is -0.123. The predicted molar refractivity (Wildman–Crippen MR) is 132 cm³/mol. The number of hydrogen-bond acceptors (Lipinski definition) is 5. The van der Waals surface area contributed by atoms with Gasteiger partial charge in [-0.2, -0.15) is 0 Å². The van der Waals surface area contributed by atoms with E-state index in [4.69, 9.17) is 5.73 Å². The summed E-state index contributed by atoms with van der Waals surface area (Å²) >= 11 is 0. The van der Waals surface area contributed by atoms with Crippen molar-refractivity contribution in [2.75, 3.05) is 18.8 Å². The quantitative estimate of drug-likeness (QED) is 0.223. The van der Waals surface area contributed by atoms with Crippen molar-refractivity contribution >= 4 is 34.3 Å². The maximum Gasteiger partial charge on any atom is 0.198 e. The lowest BCUT2D eigenvalue weighted by molar-refractivity contribution is 0.103. The number of likely N-dealkylation sites (tertiary alicyclic amines) is 1. The van der Waals surface area contributed by atoms with Gasteiger partial charge in [0.2, 0.25) is 0 Å². The van der Waals surface area contributed by atoms with Crippen LogP contribution in [-0.2, 0) is 6.54 Å². The van der Waals surface area contributed by atoms with Crippen LogP contribution in [0, 0.1) is 0 Å². The van der Waals surface area contributed by atoms with E-state index in [0.29, 0.717) is 27.9 Å². The molecular formula is C27H26N4O2. The molecule has 3 aromatic carbocycles. The van der Waals surface area contributed by atoms with Gasteiger partial charge in [0.15, 0.2) is 11.7 Å². The number of hydrogen-bond donors (Lipinski definition) is 3. The number of nitrogens with one attached hydrogen (secondary N) is 1. The van der Waals surface area contributed by atoms with Crippen LogP contribution >= 0.6 is 0 Å².